The summed E-state index contributed by atoms with van der Waals surface area (Å²) in [5, 5.41) is 3.59. The highest BCUT2D eigenvalue weighted by Gasteiger charge is 2.33. The summed E-state index contributed by atoms with van der Waals surface area (Å²) in [4.78, 5) is 13.1. The number of para-hydroxylation sites is 1. The first-order chi connectivity index (χ1) is 23.5. The number of hydrogen-bond donors (Lipinski definition) is 0. The molecule has 2 heterocycles. The molecule has 1 aliphatic carbocycles. The molecular weight excluding hydrogens is 601 g/mol. The van der Waals surface area contributed by atoms with Gasteiger partial charge < -0.3 is 0 Å². The SMILES string of the molecule is CC1(C)c2ccccc2Sc2ccc(-c3ccc(-c4nc(-c5ccc6c7c(cccc57)-c5ccccc5-6)c5ccccc5n4)cc3)cc21. The second-order valence-corrected chi connectivity index (χ2v) is 14.4. The van der Waals surface area contributed by atoms with Crippen molar-refractivity contribution in [3.8, 4) is 56.0 Å². The van der Waals surface area contributed by atoms with E-state index in [1.165, 1.54) is 65.1 Å². The molecule has 2 nitrogen and oxygen atoms in total. The second kappa shape index (κ2) is 10.2. The molecule has 0 atom stereocenters. The summed E-state index contributed by atoms with van der Waals surface area (Å²) >= 11 is 1.87. The van der Waals surface area contributed by atoms with Crippen LogP contribution in [0.4, 0.5) is 0 Å². The molecule has 0 saturated heterocycles. The van der Waals surface area contributed by atoms with E-state index in [4.69, 9.17) is 9.97 Å². The summed E-state index contributed by atoms with van der Waals surface area (Å²) in [5.41, 5.74) is 14.4. The summed E-state index contributed by atoms with van der Waals surface area (Å²) in [7, 11) is 0. The Balaban J connectivity index is 1.07. The summed E-state index contributed by atoms with van der Waals surface area (Å²) in [6.07, 6.45) is 0. The Kier molecular flexibility index (Phi) is 5.89. The predicted octanol–water partition coefficient (Wildman–Crippen LogP) is 12.2. The molecule has 48 heavy (non-hydrogen) atoms. The monoisotopic (exact) mass is 630 g/mol. The van der Waals surface area contributed by atoms with Crippen LogP contribution in [0.5, 0.6) is 0 Å². The van der Waals surface area contributed by atoms with E-state index >= 15 is 0 Å². The van der Waals surface area contributed by atoms with Gasteiger partial charge in [0.1, 0.15) is 0 Å². The van der Waals surface area contributed by atoms with Gasteiger partial charge in [0.05, 0.1) is 11.2 Å². The zero-order chi connectivity index (χ0) is 32.0. The van der Waals surface area contributed by atoms with Gasteiger partial charge in [-0.05, 0) is 79.5 Å². The average molecular weight is 631 g/mol. The predicted molar refractivity (Wildman–Crippen MR) is 200 cm³/mol. The van der Waals surface area contributed by atoms with Gasteiger partial charge in [0.15, 0.2) is 5.82 Å². The topological polar surface area (TPSA) is 25.8 Å². The van der Waals surface area contributed by atoms with Crippen molar-refractivity contribution in [3.63, 3.8) is 0 Å². The Morgan fingerprint density at radius 3 is 1.94 bits per heavy atom. The van der Waals surface area contributed by atoms with Crippen molar-refractivity contribution < 1.29 is 0 Å². The van der Waals surface area contributed by atoms with Gasteiger partial charge in [0.25, 0.3) is 0 Å². The number of hydrogen-bond acceptors (Lipinski definition) is 3. The number of benzene rings is 7. The van der Waals surface area contributed by atoms with E-state index in [1.807, 2.05) is 11.8 Å². The van der Waals surface area contributed by atoms with Crippen molar-refractivity contribution in [2.24, 2.45) is 0 Å². The van der Waals surface area contributed by atoms with Crippen molar-refractivity contribution in [1.82, 2.24) is 9.97 Å². The molecule has 0 spiro atoms. The van der Waals surface area contributed by atoms with Crippen molar-refractivity contribution in [2.75, 3.05) is 0 Å². The molecule has 7 aromatic carbocycles. The van der Waals surface area contributed by atoms with Crippen molar-refractivity contribution in [3.05, 3.63) is 157 Å². The van der Waals surface area contributed by atoms with Gasteiger partial charge in [-0.2, -0.15) is 0 Å². The van der Waals surface area contributed by atoms with E-state index < -0.39 is 0 Å². The lowest BCUT2D eigenvalue weighted by Gasteiger charge is -2.34. The lowest BCUT2D eigenvalue weighted by Crippen LogP contribution is -2.23. The first-order valence-corrected chi connectivity index (χ1v) is 17.3. The molecule has 8 aromatic rings. The van der Waals surface area contributed by atoms with Gasteiger partial charge in [0.2, 0.25) is 0 Å². The molecule has 0 fully saturated rings. The van der Waals surface area contributed by atoms with E-state index in [1.54, 1.807) is 0 Å². The second-order valence-electron chi connectivity index (χ2n) is 13.4. The van der Waals surface area contributed by atoms with Crippen LogP contribution in [0, 0.1) is 0 Å². The smallest absolute Gasteiger partial charge is 0.160 e. The number of nitrogens with zero attached hydrogens (tertiary/aromatic N) is 2. The molecule has 0 amide bonds. The normalized spacial score (nSPS) is 13.7. The van der Waals surface area contributed by atoms with Crippen LogP contribution in [0.15, 0.2) is 155 Å². The van der Waals surface area contributed by atoms with Gasteiger partial charge >= 0.3 is 0 Å². The molecule has 226 valence electrons. The highest BCUT2D eigenvalue weighted by atomic mass is 32.2. The van der Waals surface area contributed by atoms with Crippen LogP contribution in [0.3, 0.4) is 0 Å². The van der Waals surface area contributed by atoms with Crippen LogP contribution >= 0.6 is 11.8 Å². The van der Waals surface area contributed by atoms with Crippen molar-refractivity contribution >= 4 is 33.4 Å². The largest absolute Gasteiger partial charge is 0.228 e. The number of fused-ring (bicyclic) bond motifs is 6. The fourth-order valence-corrected chi connectivity index (χ4v) is 9.24. The Labute approximate surface area is 284 Å². The number of rotatable bonds is 3. The maximum Gasteiger partial charge on any atom is 0.160 e. The van der Waals surface area contributed by atoms with Gasteiger partial charge in [0, 0.05) is 31.7 Å². The molecule has 0 saturated carbocycles. The van der Waals surface area contributed by atoms with Gasteiger partial charge in [-0.15, -0.1) is 0 Å². The molecule has 10 rings (SSSR count). The van der Waals surface area contributed by atoms with E-state index in [0.717, 1.165) is 33.5 Å². The first-order valence-electron chi connectivity index (χ1n) is 16.5. The molecule has 1 aliphatic heterocycles. The number of aromatic nitrogens is 2. The van der Waals surface area contributed by atoms with Gasteiger partial charge in [-0.1, -0.05) is 147 Å². The van der Waals surface area contributed by atoms with Crippen LogP contribution in [-0.4, -0.2) is 9.97 Å². The maximum atomic E-state index is 5.31. The summed E-state index contributed by atoms with van der Waals surface area (Å²) in [5.74, 6) is 0.737. The third kappa shape index (κ3) is 4.01. The average Bonchev–Trinajstić information content (AvgIpc) is 3.46. The van der Waals surface area contributed by atoms with Crippen molar-refractivity contribution in [2.45, 2.75) is 29.1 Å². The molecule has 0 unspecified atom stereocenters. The first kappa shape index (κ1) is 27.6. The van der Waals surface area contributed by atoms with E-state index in [9.17, 15) is 0 Å². The highest BCUT2D eigenvalue weighted by molar-refractivity contribution is 7.99. The molecular formula is C45H30N2S. The van der Waals surface area contributed by atoms with Gasteiger partial charge in [-0.25, -0.2) is 9.97 Å². The van der Waals surface area contributed by atoms with E-state index in [0.29, 0.717) is 0 Å². The standard InChI is InChI=1S/C45H30N2S/c1-45(2)37-15-6-8-17-40(37)48-41-25-22-29(26-38(41)45)27-18-20-28(21-19-27)44-46-39-16-7-5-12-36(39)43(47-44)35-24-23-34-31-11-4-3-10-30(31)32-13-9-14-33(35)42(32)34/h3-26H,1-2H3. The van der Waals surface area contributed by atoms with E-state index in [-0.39, 0.29) is 5.41 Å². The van der Waals surface area contributed by atoms with Crippen LogP contribution in [-0.2, 0) is 5.41 Å². The maximum absolute atomic E-state index is 5.31. The summed E-state index contributed by atoms with van der Waals surface area (Å²) in [6, 6.07) is 52.8. The zero-order valence-electron chi connectivity index (χ0n) is 26.7. The Hall–Kier alpha value is -5.51. The fourth-order valence-electron chi connectivity index (χ4n) is 7.86. The fraction of sp³-hybridized carbons (Fsp3) is 0.0667. The summed E-state index contributed by atoms with van der Waals surface area (Å²) in [6.45, 7) is 4.68. The molecule has 2 aliphatic rings. The molecule has 0 N–H and O–H groups in total. The summed E-state index contributed by atoms with van der Waals surface area (Å²) < 4.78 is 0. The van der Waals surface area contributed by atoms with Gasteiger partial charge in [-0.3, -0.25) is 0 Å². The van der Waals surface area contributed by atoms with Crippen molar-refractivity contribution in [1.29, 1.82) is 0 Å². The van der Waals surface area contributed by atoms with Crippen LogP contribution in [0.1, 0.15) is 25.0 Å². The third-order valence-corrected chi connectivity index (χ3v) is 11.5. The van der Waals surface area contributed by atoms with E-state index in [2.05, 4.69) is 159 Å². The Bertz CT molecular complexity index is 2590. The Morgan fingerprint density at radius 1 is 0.458 bits per heavy atom. The lowest BCUT2D eigenvalue weighted by molar-refractivity contribution is 0.607. The molecule has 0 bridgehead atoms. The molecule has 0 radical (unpaired) electrons. The van der Waals surface area contributed by atoms with Crippen LogP contribution in [0.2, 0.25) is 0 Å². The quantitative estimate of drug-likeness (QED) is 0.194. The highest BCUT2D eigenvalue weighted by Crippen LogP contribution is 2.51. The Morgan fingerprint density at radius 2 is 1.08 bits per heavy atom. The molecule has 1 aromatic heterocycles. The zero-order valence-corrected chi connectivity index (χ0v) is 27.5. The van der Waals surface area contributed by atoms with Crippen LogP contribution < -0.4 is 0 Å². The third-order valence-electron chi connectivity index (χ3n) is 10.3. The minimum atomic E-state index is -0.0616. The molecule has 3 heteroatoms. The van der Waals surface area contributed by atoms with Crippen LogP contribution in [0.25, 0.3) is 77.7 Å². The minimum Gasteiger partial charge on any atom is -0.228 e. The lowest BCUT2D eigenvalue weighted by atomic mass is 9.77. The minimum absolute atomic E-state index is 0.0616.